The summed E-state index contributed by atoms with van der Waals surface area (Å²) in [7, 11) is 0. The fourth-order valence-corrected chi connectivity index (χ4v) is 3.63. The number of halogens is 4. The Hall–Kier alpha value is -2.29. The number of carbonyl (C=O) groups is 1. The summed E-state index contributed by atoms with van der Waals surface area (Å²) < 4.78 is 58.2. The quantitative estimate of drug-likeness (QED) is 0.623. The molecule has 2 atom stereocenters. The van der Waals surface area contributed by atoms with Gasteiger partial charge in [0.25, 0.3) is 5.92 Å². The molecule has 3 rings (SSSR count). The number of nitrogens with two attached hydrogens (primary N) is 1. The predicted molar refractivity (Wildman–Crippen MR) is 94.6 cm³/mol. The molecule has 0 unspecified atom stereocenters. The average molecular weight is 399 g/mol. The van der Waals surface area contributed by atoms with Crippen molar-refractivity contribution in [2.45, 2.75) is 43.8 Å². The van der Waals surface area contributed by atoms with Crippen molar-refractivity contribution in [3.63, 3.8) is 0 Å². The van der Waals surface area contributed by atoms with Gasteiger partial charge in [0.2, 0.25) is 0 Å². The summed E-state index contributed by atoms with van der Waals surface area (Å²) in [6.07, 6.45) is 0.124. The first-order valence-corrected chi connectivity index (χ1v) is 8.98. The van der Waals surface area contributed by atoms with E-state index in [1.54, 1.807) is 5.38 Å². The summed E-state index contributed by atoms with van der Waals surface area (Å²) in [5, 5.41) is 1.91. The summed E-state index contributed by atoms with van der Waals surface area (Å²) >= 11 is 1.15. The van der Waals surface area contributed by atoms with Crippen LogP contribution >= 0.6 is 11.3 Å². The highest BCUT2D eigenvalue weighted by molar-refractivity contribution is 7.11. The summed E-state index contributed by atoms with van der Waals surface area (Å²) in [5.74, 6) is -5.54. The molecule has 0 fully saturated rings. The van der Waals surface area contributed by atoms with Crippen LogP contribution in [-0.4, -0.2) is 28.2 Å². The maximum Gasteiger partial charge on any atom is 0.280 e. The predicted octanol–water partition coefficient (Wildman–Crippen LogP) is 4.05. The van der Waals surface area contributed by atoms with Gasteiger partial charge in [-0.15, -0.1) is 11.3 Å². The van der Waals surface area contributed by atoms with Crippen LogP contribution in [0.2, 0.25) is 0 Å². The Kier molecular flexibility index (Phi) is 4.62. The highest BCUT2D eigenvalue weighted by atomic mass is 32.1. The molecule has 0 spiro atoms. The number of hydrogen-bond donors (Lipinski definition) is 1. The summed E-state index contributed by atoms with van der Waals surface area (Å²) in [6, 6.07) is 3.49. The smallest absolute Gasteiger partial charge is 0.280 e. The Labute approximate surface area is 157 Å². The maximum absolute atomic E-state index is 14.8. The van der Waals surface area contributed by atoms with Crippen molar-refractivity contribution in [1.82, 2.24) is 4.98 Å². The number of amidine groups is 1. The molecule has 0 aliphatic carbocycles. The van der Waals surface area contributed by atoms with Crippen LogP contribution in [0, 0.1) is 5.82 Å². The minimum Gasteiger partial charge on any atom is -0.385 e. The Morgan fingerprint density at radius 2 is 2.00 bits per heavy atom. The normalized spacial score (nSPS) is 27.3. The van der Waals surface area contributed by atoms with Gasteiger partial charge in [-0.3, -0.25) is 9.79 Å². The first-order valence-electron chi connectivity index (χ1n) is 8.10. The van der Waals surface area contributed by atoms with Crippen LogP contribution in [0.3, 0.4) is 0 Å². The molecule has 1 aliphatic heterocycles. The topological polar surface area (TPSA) is 68.3 Å². The standard InChI is InChI=1S/C18H17F4N3OS/c1-16(20)9-18(21,22)17(2,25-15(16)23)11-7-10(3-4-12(11)19)8-13(26)14-24-5-6-27-14/h3-7H,8-9H2,1-2H3,(H2,23,25)/t16-,17+/m0/s1. The minimum absolute atomic E-state index is 0.136. The SMILES string of the molecule is C[C@]1(F)CC(F)(F)[C@@](C)(c2cc(CC(=O)c3nccs3)ccc2F)N=C1N. The molecule has 4 nitrogen and oxygen atoms in total. The minimum atomic E-state index is -3.68. The van der Waals surface area contributed by atoms with E-state index in [4.69, 9.17) is 5.73 Å². The molecule has 0 radical (unpaired) electrons. The van der Waals surface area contributed by atoms with Gasteiger partial charge in [0, 0.05) is 23.6 Å². The fraction of sp³-hybridized carbons (Fsp3) is 0.389. The van der Waals surface area contributed by atoms with Crippen LogP contribution < -0.4 is 5.73 Å². The summed E-state index contributed by atoms with van der Waals surface area (Å²) in [5.41, 5.74) is 0.558. The van der Waals surface area contributed by atoms with E-state index >= 15 is 0 Å². The van der Waals surface area contributed by atoms with Crippen molar-refractivity contribution < 1.29 is 22.4 Å². The number of hydrogen-bond acceptors (Lipinski definition) is 5. The first kappa shape index (κ1) is 19.5. The highest BCUT2D eigenvalue weighted by Gasteiger charge is 2.60. The molecule has 2 aromatic rings. The number of thiazole rings is 1. The van der Waals surface area contributed by atoms with Crippen LogP contribution in [-0.2, 0) is 12.0 Å². The van der Waals surface area contributed by atoms with Crippen LogP contribution in [0.4, 0.5) is 17.6 Å². The molecule has 1 aromatic carbocycles. The number of rotatable bonds is 4. The zero-order chi connectivity index (χ0) is 20.0. The molecule has 144 valence electrons. The van der Waals surface area contributed by atoms with Crippen LogP contribution in [0.1, 0.15) is 41.2 Å². The molecule has 27 heavy (non-hydrogen) atoms. The number of benzene rings is 1. The molecule has 0 bridgehead atoms. The van der Waals surface area contributed by atoms with Gasteiger partial charge >= 0.3 is 0 Å². The van der Waals surface area contributed by atoms with Gasteiger partial charge in [-0.05, 0) is 31.5 Å². The highest BCUT2D eigenvalue weighted by Crippen LogP contribution is 2.50. The van der Waals surface area contributed by atoms with E-state index in [0.29, 0.717) is 5.56 Å². The molecule has 2 N–H and O–H groups in total. The van der Waals surface area contributed by atoms with E-state index in [1.807, 2.05) is 0 Å². The number of carbonyl (C=O) groups excluding carboxylic acids is 1. The number of nitrogens with zero attached hydrogens (tertiary/aromatic N) is 2. The second kappa shape index (κ2) is 6.40. The van der Waals surface area contributed by atoms with Gasteiger partial charge in [0.05, 0.1) is 6.42 Å². The Morgan fingerprint density at radius 3 is 2.63 bits per heavy atom. The first-order chi connectivity index (χ1) is 12.5. The van der Waals surface area contributed by atoms with Crippen LogP contribution in [0.15, 0.2) is 34.8 Å². The molecule has 1 aromatic heterocycles. The van der Waals surface area contributed by atoms with Crippen molar-refractivity contribution in [3.05, 3.63) is 51.7 Å². The number of aliphatic imine (C=N–C) groups is 1. The zero-order valence-electron chi connectivity index (χ0n) is 14.6. The molecule has 1 aliphatic rings. The zero-order valence-corrected chi connectivity index (χ0v) is 15.4. The lowest BCUT2D eigenvalue weighted by atomic mass is 9.77. The van der Waals surface area contributed by atoms with Crippen molar-refractivity contribution >= 4 is 23.0 Å². The molecule has 0 saturated carbocycles. The average Bonchev–Trinajstić information content (AvgIpc) is 3.08. The van der Waals surface area contributed by atoms with Crippen LogP contribution in [0.5, 0.6) is 0 Å². The lowest BCUT2D eigenvalue weighted by Gasteiger charge is -2.42. The number of aromatic nitrogens is 1. The van der Waals surface area contributed by atoms with E-state index in [-0.39, 0.29) is 17.2 Å². The third kappa shape index (κ3) is 3.36. The van der Waals surface area contributed by atoms with Crippen molar-refractivity contribution in [2.75, 3.05) is 0 Å². The van der Waals surface area contributed by atoms with E-state index < -0.39 is 40.8 Å². The van der Waals surface area contributed by atoms with Gasteiger partial charge in [-0.2, -0.15) is 0 Å². The molecular weight excluding hydrogens is 382 g/mol. The van der Waals surface area contributed by atoms with Gasteiger partial charge in [0.1, 0.15) is 11.7 Å². The van der Waals surface area contributed by atoms with E-state index in [2.05, 4.69) is 9.98 Å². The monoisotopic (exact) mass is 399 g/mol. The number of ketones is 1. The Morgan fingerprint density at radius 1 is 1.30 bits per heavy atom. The Bertz CT molecular complexity index is 911. The third-order valence-corrected chi connectivity index (χ3v) is 5.55. The third-order valence-electron chi connectivity index (χ3n) is 4.74. The molecule has 0 amide bonds. The number of Topliss-reactive ketones (excluding diaryl/α,β-unsaturated/α-hetero) is 1. The number of alkyl halides is 3. The molecule has 9 heteroatoms. The second-order valence-electron chi connectivity index (χ2n) is 6.90. The largest absolute Gasteiger partial charge is 0.385 e. The molecule has 0 saturated heterocycles. The van der Waals surface area contributed by atoms with Gasteiger partial charge in [0.15, 0.2) is 22.0 Å². The summed E-state index contributed by atoms with van der Waals surface area (Å²) in [4.78, 5) is 19.8. The molecule has 2 heterocycles. The fourth-order valence-electron chi connectivity index (χ4n) is 3.05. The van der Waals surface area contributed by atoms with Crippen molar-refractivity contribution in [3.8, 4) is 0 Å². The molecular formula is C18H17F4N3OS. The van der Waals surface area contributed by atoms with E-state index in [0.717, 1.165) is 37.3 Å². The van der Waals surface area contributed by atoms with E-state index in [1.165, 1.54) is 12.3 Å². The lowest BCUT2D eigenvalue weighted by Crippen LogP contribution is -2.56. The van der Waals surface area contributed by atoms with Gasteiger partial charge in [-0.1, -0.05) is 6.07 Å². The van der Waals surface area contributed by atoms with Crippen LogP contribution in [0.25, 0.3) is 0 Å². The second-order valence-corrected chi connectivity index (χ2v) is 7.79. The Balaban J connectivity index is 2.03. The van der Waals surface area contributed by atoms with Gasteiger partial charge < -0.3 is 5.73 Å². The van der Waals surface area contributed by atoms with Crippen molar-refractivity contribution in [2.24, 2.45) is 10.7 Å². The lowest BCUT2D eigenvalue weighted by molar-refractivity contribution is -0.106. The maximum atomic E-state index is 14.8. The van der Waals surface area contributed by atoms with Crippen molar-refractivity contribution in [1.29, 1.82) is 0 Å². The van der Waals surface area contributed by atoms with E-state index in [9.17, 15) is 22.4 Å². The van der Waals surface area contributed by atoms with Gasteiger partial charge in [-0.25, -0.2) is 22.5 Å². The summed E-state index contributed by atoms with van der Waals surface area (Å²) in [6.45, 7) is 1.93.